The molecule has 2 heterocycles. The van der Waals surface area contributed by atoms with Crippen LogP contribution in [0.5, 0.6) is 0 Å². The molecule has 2 N–H and O–H groups in total. The summed E-state index contributed by atoms with van der Waals surface area (Å²) in [5.74, 6) is 0.673. The molecule has 6 aromatic rings. The molecule has 0 fully saturated rings. The molecule has 0 spiro atoms. The van der Waals surface area contributed by atoms with E-state index in [-0.39, 0.29) is 0 Å². The molecular formula is C28H22N6. The molecule has 34 heavy (non-hydrogen) atoms. The second-order valence-electron chi connectivity index (χ2n) is 8.16. The summed E-state index contributed by atoms with van der Waals surface area (Å²) in [5.41, 5.74) is 10.4. The highest BCUT2D eigenvalue weighted by Crippen LogP contribution is 2.43. The van der Waals surface area contributed by atoms with Crippen LogP contribution in [-0.2, 0) is 5.54 Å². The van der Waals surface area contributed by atoms with Crippen molar-refractivity contribution in [1.82, 2.24) is 24.5 Å². The number of nitrogens with zero attached hydrogens (tertiary/aromatic N) is 5. The van der Waals surface area contributed by atoms with E-state index in [1.807, 2.05) is 36.4 Å². The molecule has 0 aliphatic carbocycles. The number of rotatable bonds is 5. The second kappa shape index (κ2) is 8.01. The Hall–Kier alpha value is -4.71. The molecule has 0 radical (unpaired) electrons. The molecule has 164 valence electrons. The fourth-order valence-corrected chi connectivity index (χ4v) is 4.77. The fourth-order valence-electron chi connectivity index (χ4n) is 4.77. The topological polar surface area (TPSA) is 74.6 Å². The van der Waals surface area contributed by atoms with Gasteiger partial charge in [-0.05, 0) is 34.9 Å². The number of hydrogen-bond donors (Lipinski definition) is 1. The number of anilines is 1. The summed E-state index contributed by atoms with van der Waals surface area (Å²) in [6, 6.07) is 37.3. The standard InChI is InChI=1S/C28H22N6/c29-24-16-17-26-25(18-24)27(33-20-30-19-31-33)32-34(26)28(21-10-4-1-5-11-21,22-12-6-2-7-13-22)23-14-8-3-9-15-23/h1-20H,29H2. The molecule has 6 heteroatoms. The Bertz CT molecular complexity index is 1440. The van der Waals surface area contributed by atoms with Crippen LogP contribution < -0.4 is 5.73 Å². The van der Waals surface area contributed by atoms with Gasteiger partial charge in [0, 0.05) is 11.1 Å². The summed E-state index contributed by atoms with van der Waals surface area (Å²) in [4.78, 5) is 4.15. The Kier molecular flexibility index (Phi) is 4.70. The van der Waals surface area contributed by atoms with Crippen LogP contribution in [0.4, 0.5) is 5.69 Å². The van der Waals surface area contributed by atoms with Gasteiger partial charge in [0.25, 0.3) is 0 Å². The van der Waals surface area contributed by atoms with Crippen LogP contribution in [-0.4, -0.2) is 24.5 Å². The van der Waals surface area contributed by atoms with E-state index in [9.17, 15) is 0 Å². The van der Waals surface area contributed by atoms with Crippen LogP contribution in [0, 0.1) is 0 Å². The van der Waals surface area contributed by atoms with Crippen molar-refractivity contribution in [3.63, 3.8) is 0 Å². The average molecular weight is 443 g/mol. The Balaban J connectivity index is 1.81. The first-order valence-corrected chi connectivity index (χ1v) is 11.1. The van der Waals surface area contributed by atoms with Crippen molar-refractivity contribution in [2.75, 3.05) is 5.73 Å². The molecule has 0 atom stereocenters. The predicted octanol–water partition coefficient (Wildman–Crippen LogP) is 5.04. The molecule has 0 bridgehead atoms. The van der Waals surface area contributed by atoms with Crippen molar-refractivity contribution >= 4 is 16.6 Å². The Morgan fingerprint density at radius 2 is 1.24 bits per heavy atom. The summed E-state index contributed by atoms with van der Waals surface area (Å²) in [6.45, 7) is 0. The van der Waals surface area contributed by atoms with E-state index < -0.39 is 5.54 Å². The van der Waals surface area contributed by atoms with Crippen molar-refractivity contribution in [2.24, 2.45) is 0 Å². The van der Waals surface area contributed by atoms with E-state index in [1.54, 1.807) is 11.0 Å². The van der Waals surface area contributed by atoms with E-state index >= 15 is 0 Å². The smallest absolute Gasteiger partial charge is 0.184 e. The normalized spacial score (nSPS) is 11.6. The molecule has 6 nitrogen and oxygen atoms in total. The predicted molar refractivity (Wildman–Crippen MR) is 134 cm³/mol. The molecule has 4 aromatic carbocycles. The largest absolute Gasteiger partial charge is 0.399 e. The SMILES string of the molecule is Nc1ccc2c(c1)c(-n1cncn1)nn2C(c1ccccc1)(c1ccccc1)c1ccccc1. The van der Waals surface area contributed by atoms with Crippen molar-refractivity contribution in [1.29, 1.82) is 0 Å². The van der Waals surface area contributed by atoms with Gasteiger partial charge in [-0.25, -0.2) is 14.3 Å². The van der Waals surface area contributed by atoms with Gasteiger partial charge in [0.2, 0.25) is 0 Å². The van der Waals surface area contributed by atoms with Crippen LogP contribution in [0.15, 0.2) is 122 Å². The van der Waals surface area contributed by atoms with E-state index in [2.05, 4.69) is 87.6 Å². The number of fused-ring (bicyclic) bond motifs is 1. The van der Waals surface area contributed by atoms with Gasteiger partial charge in [0.05, 0.1) is 5.52 Å². The molecular weight excluding hydrogens is 420 g/mol. The van der Waals surface area contributed by atoms with E-state index in [1.165, 1.54) is 6.33 Å². The first kappa shape index (κ1) is 19.9. The van der Waals surface area contributed by atoms with Gasteiger partial charge in [0.15, 0.2) is 5.82 Å². The number of aromatic nitrogens is 5. The highest BCUT2D eigenvalue weighted by Gasteiger charge is 2.41. The van der Waals surface area contributed by atoms with Gasteiger partial charge in [-0.1, -0.05) is 91.0 Å². The van der Waals surface area contributed by atoms with Gasteiger partial charge in [0.1, 0.15) is 18.2 Å². The molecule has 0 saturated heterocycles. The third kappa shape index (κ3) is 3.00. The summed E-state index contributed by atoms with van der Waals surface area (Å²) >= 11 is 0. The summed E-state index contributed by atoms with van der Waals surface area (Å²) in [5, 5.41) is 10.5. The number of benzene rings is 4. The van der Waals surface area contributed by atoms with Gasteiger partial charge >= 0.3 is 0 Å². The maximum Gasteiger partial charge on any atom is 0.184 e. The lowest BCUT2D eigenvalue weighted by atomic mass is 9.77. The highest BCUT2D eigenvalue weighted by molar-refractivity contribution is 5.90. The van der Waals surface area contributed by atoms with Crippen molar-refractivity contribution in [2.45, 2.75) is 5.54 Å². The Labute approximate surface area is 196 Å². The lowest BCUT2D eigenvalue weighted by Gasteiger charge is -2.37. The minimum Gasteiger partial charge on any atom is -0.399 e. The van der Waals surface area contributed by atoms with Crippen LogP contribution in [0.3, 0.4) is 0 Å². The first-order chi connectivity index (χ1) is 16.8. The minimum absolute atomic E-state index is 0.665. The lowest BCUT2D eigenvalue weighted by molar-refractivity contribution is 0.472. The molecule has 0 aliphatic rings. The molecule has 0 saturated carbocycles. The van der Waals surface area contributed by atoms with E-state index in [4.69, 9.17) is 10.8 Å². The van der Waals surface area contributed by atoms with Crippen LogP contribution in [0.1, 0.15) is 16.7 Å². The van der Waals surface area contributed by atoms with Gasteiger partial charge < -0.3 is 5.73 Å². The van der Waals surface area contributed by atoms with Gasteiger partial charge in [-0.2, -0.15) is 10.2 Å². The lowest BCUT2D eigenvalue weighted by Crippen LogP contribution is -2.38. The van der Waals surface area contributed by atoms with Crippen molar-refractivity contribution in [3.8, 4) is 5.82 Å². The van der Waals surface area contributed by atoms with Gasteiger partial charge in [-0.3, -0.25) is 0 Å². The quantitative estimate of drug-likeness (QED) is 0.300. The van der Waals surface area contributed by atoms with Crippen molar-refractivity contribution < 1.29 is 0 Å². The minimum atomic E-state index is -0.739. The first-order valence-electron chi connectivity index (χ1n) is 11.1. The molecule has 6 rings (SSSR count). The monoisotopic (exact) mass is 442 g/mol. The summed E-state index contributed by atoms with van der Waals surface area (Å²) in [6.07, 6.45) is 3.17. The number of nitrogen functional groups attached to an aromatic ring is 1. The van der Waals surface area contributed by atoms with Crippen LogP contribution in [0.25, 0.3) is 16.7 Å². The van der Waals surface area contributed by atoms with E-state index in [0.29, 0.717) is 11.5 Å². The third-order valence-electron chi connectivity index (χ3n) is 6.21. The zero-order valence-electron chi connectivity index (χ0n) is 18.4. The Morgan fingerprint density at radius 3 is 1.74 bits per heavy atom. The third-order valence-corrected chi connectivity index (χ3v) is 6.21. The zero-order valence-corrected chi connectivity index (χ0v) is 18.4. The number of hydrogen-bond acceptors (Lipinski definition) is 4. The highest BCUT2D eigenvalue weighted by atomic mass is 15.4. The van der Waals surface area contributed by atoms with Gasteiger partial charge in [-0.15, -0.1) is 0 Å². The molecule has 0 amide bonds. The summed E-state index contributed by atoms with van der Waals surface area (Å²) < 4.78 is 3.78. The average Bonchev–Trinajstić information content (AvgIpc) is 3.55. The van der Waals surface area contributed by atoms with Crippen LogP contribution in [0.2, 0.25) is 0 Å². The second-order valence-corrected chi connectivity index (χ2v) is 8.16. The van der Waals surface area contributed by atoms with Crippen LogP contribution >= 0.6 is 0 Å². The Morgan fingerprint density at radius 1 is 0.676 bits per heavy atom. The van der Waals surface area contributed by atoms with Crippen molar-refractivity contribution in [3.05, 3.63) is 139 Å². The zero-order chi connectivity index (χ0) is 23.0. The fraction of sp³-hybridized carbons (Fsp3) is 0.0357. The molecule has 0 aliphatic heterocycles. The number of nitrogens with two attached hydrogens (primary N) is 1. The van der Waals surface area contributed by atoms with E-state index in [0.717, 1.165) is 27.6 Å². The molecule has 0 unspecified atom stereocenters. The summed E-state index contributed by atoms with van der Waals surface area (Å²) in [7, 11) is 0. The maximum atomic E-state index is 6.22. The molecule has 2 aromatic heterocycles. The maximum absolute atomic E-state index is 6.22.